The van der Waals surface area contributed by atoms with Gasteiger partial charge < -0.3 is 13.7 Å². The van der Waals surface area contributed by atoms with Crippen LogP contribution in [0.3, 0.4) is 0 Å². The highest BCUT2D eigenvalue weighted by atomic mass is 16.3. The fourth-order valence-corrected chi connectivity index (χ4v) is 10.6. The Hall–Kier alpha value is -9.12. The predicted molar refractivity (Wildman–Crippen MR) is 284 cm³/mol. The van der Waals surface area contributed by atoms with Crippen molar-refractivity contribution in [3.8, 4) is 39.1 Å². The highest BCUT2D eigenvalue weighted by molar-refractivity contribution is 6.24. The summed E-state index contributed by atoms with van der Waals surface area (Å²) in [4.78, 5) is 2.40. The largest absolute Gasteiger partial charge is 0.456 e. The molecule has 3 heterocycles. The number of aromatic nitrogens is 1. The van der Waals surface area contributed by atoms with E-state index in [1.54, 1.807) is 0 Å². The van der Waals surface area contributed by atoms with Gasteiger partial charge in [-0.25, -0.2) is 0 Å². The normalized spacial score (nSPS) is 11.8. The van der Waals surface area contributed by atoms with Gasteiger partial charge in [-0.2, -0.15) is 0 Å². The lowest BCUT2D eigenvalue weighted by Crippen LogP contribution is -2.10. The van der Waals surface area contributed by atoms with Crippen molar-refractivity contribution >= 4 is 93.5 Å². The fraction of sp³-hybridized carbons (Fsp3) is 0. The van der Waals surface area contributed by atoms with E-state index in [1.807, 2.05) is 18.2 Å². The summed E-state index contributed by atoms with van der Waals surface area (Å²) < 4.78 is 15.3. The molecule has 0 saturated heterocycles. The number of rotatable bonds is 7. The van der Waals surface area contributed by atoms with Crippen LogP contribution in [0.5, 0.6) is 0 Å². The SMILES string of the molecule is c1ccc(-n2c3cccc(-c4ccc(N(c5ccc(-c6ccc7ccccc7c6)cc5)c5ccc(-c6ccc7c(c6)oc6ccccc67)c6ccccc56)cc4)c3c3c4ccccc4oc32)cc1. The molecule has 0 aliphatic heterocycles. The minimum Gasteiger partial charge on any atom is -0.456 e. The summed E-state index contributed by atoms with van der Waals surface area (Å²) in [6.07, 6.45) is 0. The van der Waals surface area contributed by atoms with Crippen molar-refractivity contribution in [3.05, 3.63) is 243 Å². The summed E-state index contributed by atoms with van der Waals surface area (Å²) in [5, 5.41) is 10.5. The number of benzene rings is 11. The van der Waals surface area contributed by atoms with Crippen LogP contribution in [0.1, 0.15) is 0 Å². The van der Waals surface area contributed by atoms with Crippen molar-refractivity contribution in [2.45, 2.75) is 0 Å². The Morgan fingerprint density at radius 2 is 0.941 bits per heavy atom. The molecule has 0 fully saturated rings. The zero-order valence-electron chi connectivity index (χ0n) is 36.8. The Morgan fingerprint density at radius 3 is 1.74 bits per heavy atom. The highest BCUT2D eigenvalue weighted by Crippen LogP contribution is 2.46. The van der Waals surface area contributed by atoms with Crippen LogP contribution in [0.25, 0.3) is 116 Å². The van der Waals surface area contributed by atoms with Crippen molar-refractivity contribution in [1.82, 2.24) is 4.57 Å². The van der Waals surface area contributed by atoms with E-state index >= 15 is 0 Å². The molecule has 0 radical (unpaired) electrons. The van der Waals surface area contributed by atoms with E-state index in [1.165, 1.54) is 32.7 Å². The van der Waals surface area contributed by atoms with E-state index < -0.39 is 0 Å². The average Bonchev–Trinajstić information content (AvgIpc) is 4.08. The van der Waals surface area contributed by atoms with Crippen molar-refractivity contribution < 1.29 is 8.83 Å². The van der Waals surface area contributed by atoms with Crippen LogP contribution in [0.2, 0.25) is 0 Å². The molecular formula is C64H40N2O2. The third-order valence-corrected chi connectivity index (χ3v) is 13.8. The van der Waals surface area contributed by atoms with Gasteiger partial charge in [0.2, 0.25) is 5.71 Å². The second-order valence-electron chi connectivity index (χ2n) is 17.6. The number of fused-ring (bicyclic) bond motifs is 10. The van der Waals surface area contributed by atoms with Crippen LogP contribution in [-0.4, -0.2) is 4.57 Å². The maximum absolute atomic E-state index is 6.67. The summed E-state index contributed by atoms with van der Waals surface area (Å²) >= 11 is 0. The van der Waals surface area contributed by atoms with Crippen LogP contribution in [0, 0.1) is 0 Å². The van der Waals surface area contributed by atoms with E-state index in [-0.39, 0.29) is 0 Å². The Bertz CT molecular complexity index is 4250. The van der Waals surface area contributed by atoms with Gasteiger partial charge in [-0.15, -0.1) is 0 Å². The Labute approximate surface area is 391 Å². The number of anilines is 3. The first-order valence-corrected chi connectivity index (χ1v) is 23.2. The molecule has 0 unspecified atom stereocenters. The smallest absolute Gasteiger partial charge is 0.213 e. The Balaban J connectivity index is 0.927. The summed E-state index contributed by atoms with van der Waals surface area (Å²) in [6, 6.07) is 87.0. The zero-order chi connectivity index (χ0) is 44.7. The standard InChI is InChI=1S/C64H40N2O2/c1-2-15-47(16-3-1)66-58-22-12-21-51(62(58)63-56-20-9-11-24-60(56)68-64(63)66)43-29-34-49(35-30-43)65(48-32-27-42(28-33-48)45-26-25-41-13-4-5-14-44(41)39-45)57-38-37-50(52-17-6-7-18-53(52)57)46-31-36-55-54-19-8-10-23-59(54)67-61(55)40-46/h1-40H. The quantitative estimate of drug-likeness (QED) is 0.160. The van der Waals surface area contributed by atoms with Gasteiger partial charge >= 0.3 is 0 Å². The van der Waals surface area contributed by atoms with Crippen molar-refractivity contribution in [3.63, 3.8) is 0 Å². The fourth-order valence-electron chi connectivity index (χ4n) is 10.6. The summed E-state index contributed by atoms with van der Waals surface area (Å²) in [7, 11) is 0. The molecule has 3 aromatic heterocycles. The van der Waals surface area contributed by atoms with Gasteiger partial charge in [0.15, 0.2) is 0 Å². The van der Waals surface area contributed by atoms with Crippen molar-refractivity contribution in [2.24, 2.45) is 0 Å². The van der Waals surface area contributed by atoms with Crippen LogP contribution >= 0.6 is 0 Å². The molecule has 4 heteroatoms. The Kier molecular flexibility index (Phi) is 8.55. The lowest BCUT2D eigenvalue weighted by atomic mass is 9.95. The molecule has 14 rings (SSSR count). The maximum Gasteiger partial charge on any atom is 0.213 e. The molecule has 0 N–H and O–H groups in total. The topological polar surface area (TPSA) is 34.5 Å². The van der Waals surface area contributed by atoms with Gasteiger partial charge in [0, 0.05) is 44.0 Å². The minimum absolute atomic E-state index is 0.850. The summed E-state index contributed by atoms with van der Waals surface area (Å²) in [6.45, 7) is 0. The summed E-state index contributed by atoms with van der Waals surface area (Å²) in [5.74, 6) is 0. The molecular weight excluding hydrogens is 829 g/mol. The number of furan rings is 2. The zero-order valence-corrected chi connectivity index (χ0v) is 36.8. The maximum atomic E-state index is 6.67. The second-order valence-corrected chi connectivity index (χ2v) is 17.6. The third-order valence-electron chi connectivity index (χ3n) is 13.8. The molecule has 68 heavy (non-hydrogen) atoms. The number of hydrogen-bond donors (Lipinski definition) is 0. The first kappa shape index (κ1) is 38.2. The highest BCUT2D eigenvalue weighted by Gasteiger charge is 2.23. The van der Waals surface area contributed by atoms with Gasteiger partial charge in [-0.3, -0.25) is 4.57 Å². The molecule has 0 amide bonds. The second kappa shape index (κ2) is 15.2. The van der Waals surface area contributed by atoms with Crippen LogP contribution < -0.4 is 4.90 Å². The predicted octanol–water partition coefficient (Wildman–Crippen LogP) is 18.2. The van der Waals surface area contributed by atoms with Gasteiger partial charge in [-0.1, -0.05) is 164 Å². The third kappa shape index (κ3) is 6.01. The first-order valence-electron chi connectivity index (χ1n) is 23.2. The van der Waals surface area contributed by atoms with Gasteiger partial charge in [0.1, 0.15) is 16.7 Å². The van der Waals surface area contributed by atoms with Crippen LogP contribution in [0.4, 0.5) is 17.1 Å². The lowest BCUT2D eigenvalue weighted by molar-refractivity contribution is 0.645. The van der Waals surface area contributed by atoms with Crippen molar-refractivity contribution in [1.29, 1.82) is 0 Å². The van der Waals surface area contributed by atoms with E-state index in [9.17, 15) is 0 Å². The van der Waals surface area contributed by atoms with E-state index in [0.29, 0.717) is 0 Å². The molecule has 4 nitrogen and oxygen atoms in total. The van der Waals surface area contributed by atoms with Gasteiger partial charge in [-0.05, 0) is 128 Å². The molecule has 11 aromatic carbocycles. The molecule has 0 spiro atoms. The molecule has 0 aliphatic rings. The summed E-state index contributed by atoms with van der Waals surface area (Å²) in [5.41, 5.74) is 15.8. The average molecular weight is 869 g/mol. The number of hydrogen-bond acceptors (Lipinski definition) is 3. The molecule has 0 atom stereocenters. The number of nitrogens with zero attached hydrogens (tertiary/aromatic N) is 2. The van der Waals surface area contributed by atoms with E-state index in [0.717, 1.165) is 99.9 Å². The van der Waals surface area contributed by atoms with Crippen LogP contribution in [0.15, 0.2) is 251 Å². The molecule has 0 aliphatic carbocycles. The van der Waals surface area contributed by atoms with Crippen molar-refractivity contribution in [2.75, 3.05) is 4.90 Å². The van der Waals surface area contributed by atoms with Crippen LogP contribution in [-0.2, 0) is 0 Å². The lowest BCUT2D eigenvalue weighted by Gasteiger charge is -2.28. The van der Waals surface area contributed by atoms with Gasteiger partial charge in [0.25, 0.3) is 0 Å². The first-order chi connectivity index (χ1) is 33.7. The Morgan fingerprint density at radius 1 is 0.324 bits per heavy atom. The molecule has 318 valence electrons. The number of para-hydroxylation sites is 3. The molecule has 0 saturated carbocycles. The molecule has 0 bridgehead atoms. The van der Waals surface area contributed by atoms with E-state index in [2.05, 4.69) is 234 Å². The minimum atomic E-state index is 0.850. The molecule has 14 aromatic rings. The monoisotopic (exact) mass is 868 g/mol. The van der Waals surface area contributed by atoms with Gasteiger partial charge in [0.05, 0.1) is 16.6 Å². The van der Waals surface area contributed by atoms with E-state index in [4.69, 9.17) is 8.83 Å².